The van der Waals surface area contributed by atoms with Crippen LogP contribution in [0.5, 0.6) is 0 Å². The zero-order valence-corrected chi connectivity index (χ0v) is 11.2. The lowest BCUT2D eigenvalue weighted by Crippen LogP contribution is -2.48. The molecule has 1 saturated carbocycles. The fourth-order valence-corrected chi connectivity index (χ4v) is 3.02. The van der Waals surface area contributed by atoms with Crippen LogP contribution in [0.15, 0.2) is 0 Å². The van der Waals surface area contributed by atoms with Crippen molar-refractivity contribution in [3.8, 4) is 0 Å². The Morgan fingerprint density at radius 3 is 2.56 bits per heavy atom. The predicted molar refractivity (Wildman–Crippen MR) is 69.6 cm³/mol. The lowest BCUT2D eigenvalue weighted by Gasteiger charge is -2.37. The van der Waals surface area contributed by atoms with Crippen molar-refractivity contribution in [1.82, 2.24) is 10.2 Å². The summed E-state index contributed by atoms with van der Waals surface area (Å²) in [5, 5.41) is 3.69. The van der Waals surface area contributed by atoms with E-state index in [-0.39, 0.29) is 0 Å². The van der Waals surface area contributed by atoms with Crippen LogP contribution in [0.3, 0.4) is 0 Å². The number of hydrogen-bond acceptors (Lipinski definition) is 2. The Morgan fingerprint density at radius 1 is 1.25 bits per heavy atom. The highest BCUT2D eigenvalue weighted by Crippen LogP contribution is 2.38. The maximum absolute atomic E-state index is 3.69. The maximum Gasteiger partial charge on any atom is 0.0117 e. The second-order valence-corrected chi connectivity index (χ2v) is 6.06. The van der Waals surface area contributed by atoms with E-state index >= 15 is 0 Å². The maximum atomic E-state index is 3.69. The molecule has 1 aliphatic heterocycles. The van der Waals surface area contributed by atoms with Crippen molar-refractivity contribution in [2.45, 2.75) is 46.1 Å². The Kier molecular flexibility index (Phi) is 4.26. The van der Waals surface area contributed by atoms with Crippen LogP contribution in [0.2, 0.25) is 0 Å². The van der Waals surface area contributed by atoms with Gasteiger partial charge in [0.25, 0.3) is 0 Å². The summed E-state index contributed by atoms with van der Waals surface area (Å²) in [6, 6.07) is 0.771. The van der Waals surface area contributed by atoms with Gasteiger partial charge in [0.1, 0.15) is 0 Å². The molecule has 4 unspecified atom stereocenters. The van der Waals surface area contributed by atoms with Crippen molar-refractivity contribution in [1.29, 1.82) is 0 Å². The highest BCUT2D eigenvalue weighted by atomic mass is 15.2. The summed E-state index contributed by atoms with van der Waals surface area (Å²) >= 11 is 0. The van der Waals surface area contributed by atoms with E-state index in [4.69, 9.17) is 0 Å². The van der Waals surface area contributed by atoms with Gasteiger partial charge in [0.2, 0.25) is 0 Å². The normalized spacial score (nSPS) is 39.9. The second kappa shape index (κ2) is 5.50. The number of likely N-dealkylation sites (tertiary alicyclic amines) is 1. The number of nitrogens with zero attached hydrogens (tertiary/aromatic N) is 1. The molecule has 0 bridgehead atoms. The van der Waals surface area contributed by atoms with Crippen LogP contribution in [0.4, 0.5) is 0 Å². The van der Waals surface area contributed by atoms with Gasteiger partial charge in [-0.1, -0.05) is 20.8 Å². The van der Waals surface area contributed by atoms with Crippen molar-refractivity contribution in [3.05, 3.63) is 0 Å². The van der Waals surface area contributed by atoms with Gasteiger partial charge < -0.3 is 10.2 Å². The molecule has 0 aromatic rings. The fourth-order valence-electron chi connectivity index (χ4n) is 3.02. The summed E-state index contributed by atoms with van der Waals surface area (Å²) in [4.78, 5) is 2.70. The first-order valence-corrected chi connectivity index (χ1v) is 7.16. The van der Waals surface area contributed by atoms with Gasteiger partial charge in [-0.05, 0) is 50.1 Å². The van der Waals surface area contributed by atoms with Crippen molar-refractivity contribution < 1.29 is 0 Å². The molecular formula is C14H28N2. The molecule has 0 radical (unpaired) electrons. The zero-order valence-electron chi connectivity index (χ0n) is 11.2. The molecule has 2 rings (SSSR count). The molecule has 94 valence electrons. The molecule has 0 aromatic heterocycles. The largest absolute Gasteiger partial charge is 0.314 e. The van der Waals surface area contributed by atoms with E-state index in [9.17, 15) is 0 Å². The Labute approximate surface area is 101 Å². The molecule has 16 heavy (non-hydrogen) atoms. The molecule has 0 amide bonds. The van der Waals surface area contributed by atoms with Crippen LogP contribution in [-0.4, -0.2) is 37.1 Å². The van der Waals surface area contributed by atoms with E-state index in [0.29, 0.717) is 0 Å². The minimum Gasteiger partial charge on any atom is -0.314 e. The molecule has 2 nitrogen and oxygen atoms in total. The summed E-state index contributed by atoms with van der Waals surface area (Å²) in [5.41, 5.74) is 0. The van der Waals surface area contributed by atoms with E-state index < -0.39 is 0 Å². The quantitative estimate of drug-likeness (QED) is 0.771. The standard InChI is InChI=1S/C14H28N2/c1-4-6-15-14-5-7-16(9-12(14)3)10-13-8-11(13)2/h11-15H,4-10H2,1-3H3. The van der Waals surface area contributed by atoms with Crippen molar-refractivity contribution in [3.63, 3.8) is 0 Å². The first kappa shape index (κ1) is 12.4. The first-order chi connectivity index (χ1) is 7.70. The summed E-state index contributed by atoms with van der Waals surface area (Å²) in [6.45, 7) is 12.2. The number of rotatable bonds is 5. The van der Waals surface area contributed by atoms with Crippen molar-refractivity contribution in [2.24, 2.45) is 17.8 Å². The van der Waals surface area contributed by atoms with Crippen LogP contribution in [-0.2, 0) is 0 Å². The van der Waals surface area contributed by atoms with Crippen LogP contribution in [0.25, 0.3) is 0 Å². The van der Waals surface area contributed by atoms with Gasteiger partial charge in [-0.2, -0.15) is 0 Å². The molecule has 2 aliphatic rings. The van der Waals surface area contributed by atoms with Gasteiger partial charge >= 0.3 is 0 Å². The third kappa shape index (κ3) is 3.21. The summed E-state index contributed by atoms with van der Waals surface area (Å²) in [7, 11) is 0. The van der Waals surface area contributed by atoms with E-state index in [1.54, 1.807) is 0 Å². The number of nitrogens with one attached hydrogen (secondary N) is 1. The fraction of sp³-hybridized carbons (Fsp3) is 1.00. The first-order valence-electron chi connectivity index (χ1n) is 7.16. The summed E-state index contributed by atoms with van der Waals surface area (Å²) < 4.78 is 0. The van der Waals surface area contributed by atoms with Gasteiger partial charge in [-0.15, -0.1) is 0 Å². The van der Waals surface area contributed by atoms with Gasteiger partial charge in [-0.3, -0.25) is 0 Å². The molecule has 1 heterocycles. The SMILES string of the molecule is CCCNC1CCN(CC2CC2C)CC1C. The van der Waals surface area contributed by atoms with E-state index in [2.05, 4.69) is 31.0 Å². The average Bonchev–Trinajstić information content (AvgIpc) is 2.93. The Hall–Kier alpha value is -0.0800. The minimum absolute atomic E-state index is 0.771. The Bertz CT molecular complexity index is 217. The third-order valence-corrected chi connectivity index (χ3v) is 4.41. The summed E-state index contributed by atoms with van der Waals surface area (Å²) in [6.07, 6.45) is 4.08. The highest BCUT2D eigenvalue weighted by molar-refractivity contribution is 4.89. The molecule has 0 aromatic carbocycles. The van der Waals surface area contributed by atoms with E-state index in [1.165, 1.54) is 45.4 Å². The minimum atomic E-state index is 0.771. The van der Waals surface area contributed by atoms with Crippen LogP contribution < -0.4 is 5.32 Å². The smallest absolute Gasteiger partial charge is 0.0117 e. The van der Waals surface area contributed by atoms with E-state index in [0.717, 1.165) is 23.8 Å². The number of piperidine rings is 1. The lowest BCUT2D eigenvalue weighted by atomic mass is 9.93. The Morgan fingerprint density at radius 2 is 2.00 bits per heavy atom. The molecule has 0 spiro atoms. The molecular weight excluding hydrogens is 196 g/mol. The van der Waals surface area contributed by atoms with Gasteiger partial charge in [0, 0.05) is 19.1 Å². The van der Waals surface area contributed by atoms with Crippen LogP contribution >= 0.6 is 0 Å². The van der Waals surface area contributed by atoms with Gasteiger partial charge in [-0.25, -0.2) is 0 Å². The molecule has 2 fully saturated rings. The monoisotopic (exact) mass is 224 g/mol. The topological polar surface area (TPSA) is 15.3 Å². The van der Waals surface area contributed by atoms with Crippen LogP contribution in [0, 0.1) is 17.8 Å². The molecule has 1 saturated heterocycles. The zero-order chi connectivity index (χ0) is 11.5. The highest BCUT2D eigenvalue weighted by Gasteiger charge is 2.35. The number of hydrogen-bond donors (Lipinski definition) is 1. The molecule has 2 heteroatoms. The summed E-state index contributed by atoms with van der Waals surface area (Å²) in [5.74, 6) is 2.85. The predicted octanol–water partition coefficient (Wildman–Crippen LogP) is 2.35. The van der Waals surface area contributed by atoms with Gasteiger partial charge in [0.05, 0.1) is 0 Å². The molecule has 1 aliphatic carbocycles. The van der Waals surface area contributed by atoms with Gasteiger partial charge in [0.15, 0.2) is 0 Å². The van der Waals surface area contributed by atoms with E-state index in [1.807, 2.05) is 0 Å². The second-order valence-electron chi connectivity index (χ2n) is 6.06. The lowest BCUT2D eigenvalue weighted by molar-refractivity contribution is 0.141. The van der Waals surface area contributed by atoms with Crippen molar-refractivity contribution >= 4 is 0 Å². The third-order valence-electron chi connectivity index (χ3n) is 4.41. The van der Waals surface area contributed by atoms with Crippen LogP contribution in [0.1, 0.15) is 40.0 Å². The Balaban J connectivity index is 1.69. The van der Waals surface area contributed by atoms with Crippen molar-refractivity contribution in [2.75, 3.05) is 26.2 Å². The molecule has 4 atom stereocenters. The molecule has 1 N–H and O–H groups in total. The average molecular weight is 224 g/mol.